The molecule has 0 fully saturated rings. The number of hydrogen-bond donors (Lipinski definition) is 0. The van der Waals surface area contributed by atoms with E-state index in [1.165, 1.54) is 23.1 Å². The first-order valence-electron chi connectivity index (χ1n) is 10.3. The van der Waals surface area contributed by atoms with Crippen LogP contribution in [0.3, 0.4) is 0 Å². The van der Waals surface area contributed by atoms with Crippen LogP contribution in [0.25, 0.3) is 0 Å². The van der Waals surface area contributed by atoms with Crippen molar-refractivity contribution >= 4 is 34.7 Å². The van der Waals surface area contributed by atoms with Crippen molar-refractivity contribution in [2.75, 3.05) is 11.5 Å². The maximum Gasteiger partial charge on any atom is 0.294 e. The Hall–Kier alpha value is -3.45. The fraction of sp³-hybridized carbons (Fsp3) is 0.250. The number of carbonyl (C=O) groups is 2. The number of allylic oxidation sites excluding steroid dienone is 2. The fourth-order valence-corrected chi connectivity index (χ4v) is 4.51. The summed E-state index contributed by atoms with van der Waals surface area (Å²) in [6.45, 7) is 4.00. The van der Waals surface area contributed by atoms with Gasteiger partial charge in [-0.25, -0.2) is 0 Å². The van der Waals surface area contributed by atoms with E-state index in [9.17, 15) is 19.7 Å². The van der Waals surface area contributed by atoms with Crippen LogP contribution < -0.4 is 9.64 Å². The van der Waals surface area contributed by atoms with E-state index in [1.54, 1.807) is 18.2 Å². The molecule has 4 rings (SSSR count). The van der Waals surface area contributed by atoms with Crippen molar-refractivity contribution < 1.29 is 19.2 Å². The number of anilines is 1. The molecule has 32 heavy (non-hydrogen) atoms. The molecule has 1 atom stereocenters. The predicted molar refractivity (Wildman–Crippen MR) is 121 cm³/mol. The number of hydrogen-bond acceptors (Lipinski definition) is 5. The molecule has 1 amide bonds. The zero-order valence-electron chi connectivity index (χ0n) is 17.3. The molecule has 0 N–H and O–H groups in total. The number of amides is 1. The lowest BCUT2D eigenvalue weighted by Crippen LogP contribution is -2.40. The summed E-state index contributed by atoms with van der Waals surface area (Å²) in [4.78, 5) is 38.7. The normalized spacial score (nSPS) is 18.4. The van der Waals surface area contributed by atoms with Crippen molar-refractivity contribution in [1.82, 2.24) is 0 Å². The summed E-state index contributed by atoms with van der Waals surface area (Å²) in [6.07, 6.45) is 3.15. The number of ether oxygens (including phenoxy) is 1. The molecule has 1 aliphatic heterocycles. The van der Waals surface area contributed by atoms with Gasteiger partial charge in [0.25, 0.3) is 5.69 Å². The Bertz CT molecular complexity index is 1140. The van der Waals surface area contributed by atoms with E-state index in [4.69, 9.17) is 16.3 Å². The van der Waals surface area contributed by atoms with Crippen molar-refractivity contribution in [2.45, 2.75) is 31.6 Å². The Morgan fingerprint density at radius 1 is 1.19 bits per heavy atom. The molecule has 0 saturated carbocycles. The van der Waals surface area contributed by atoms with Gasteiger partial charge in [-0.1, -0.05) is 36.4 Å². The van der Waals surface area contributed by atoms with Crippen molar-refractivity contribution in [1.29, 1.82) is 0 Å². The standard InChI is InChI=1S/C24H21ClN2O5/c1-2-12-32-17-9-6-15(7-10-17)18-14-23(29)26(20-4-3-5-22(28)24(18)20)19-11-8-16(25)13-21(19)27(30)31/h2,6-11,13,18H,1,3-5,12,14H2. The van der Waals surface area contributed by atoms with Crippen LogP contribution in [-0.4, -0.2) is 23.2 Å². The van der Waals surface area contributed by atoms with Crippen LogP contribution in [0.5, 0.6) is 5.75 Å². The number of benzene rings is 2. The third-order valence-corrected chi connectivity index (χ3v) is 5.94. The van der Waals surface area contributed by atoms with Gasteiger partial charge in [0.1, 0.15) is 18.0 Å². The number of nitro benzene ring substituents is 1. The van der Waals surface area contributed by atoms with Crippen LogP contribution in [0.2, 0.25) is 5.02 Å². The van der Waals surface area contributed by atoms with Gasteiger partial charge in [0, 0.05) is 41.1 Å². The zero-order valence-corrected chi connectivity index (χ0v) is 18.0. The average molecular weight is 453 g/mol. The number of rotatable bonds is 6. The van der Waals surface area contributed by atoms with Gasteiger partial charge in [-0.15, -0.1) is 0 Å². The third-order valence-electron chi connectivity index (χ3n) is 5.70. The molecule has 7 nitrogen and oxygen atoms in total. The topological polar surface area (TPSA) is 89.8 Å². The number of ketones is 1. The highest BCUT2D eigenvalue weighted by molar-refractivity contribution is 6.31. The molecule has 2 aliphatic rings. The average Bonchev–Trinajstić information content (AvgIpc) is 2.78. The van der Waals surface area contributed by atoms with Gasteiger partial charge in [-0.05, 0) is 42.7 Å². The van der Waals surface area contributed by atoms with Crippen LogP contribution in [-0.2, 0) is 9.59 Å². The minimum atomic E-state index is -0.562. The SMILES string of the molecule is C=CCOc1ccc(C2CC(=O)N(c3ccc(Cl)cc3[N+](=O)[O-])C3=C2C(=O)CCC3)cc1. The summed E-state index contributed by atoms with van der Waals surface area (Å²) in [5.74, 6) is -0.0575. The highest BCUT2D eigenvalue weighted by atomic mass is 35.5. The van der Waals surface area contributed by atoms with Gasteiger partial charge in [-0.3, -0.25) is 24.6 Å². The first kappa shape index (κ1) is 21.8. The van der Waals surface area contributed by atoms with E-state index in [0.717, 1.165) is 5.56 Å². The smallest absolute Gasteiger partial charge is 0.294 e. The molecule has 1 heterocycles. The molecule has 0 spiro atoms. The molecule has 1 unspecified atom stereocenters. The maximum absolute atomic E-state index is 13.3. The minimum Gasteiger partial charge on any atom is -0.490 e. The Morgan fingerprint density at radius 2 is 1.94 bits per heavy atom. The second kappa shape index (κ2) is 8.96. The van der Waals surface area contributed by atoms with Crippen LogP contribution in [0.1, 0.15) is 37.2 Å². The lowest BCUT2D eigenvalue weighted by Gasteiger charge is -2.38. The van der Waals surface area contributed by atoms with Gasteiger partial charge in [0.15, 0.2) is 5.78 Å². The number of carbonyl (C=O) groups excluding carboxylic acids is 2. The quantitative estimate of drug-likeness (QED) is 0.335. The molecule has 2 aromatic carbocycles. The number of Topliss-reactive ketones (excluding diaryl/α,β-unsaturated/α-hetero) is 1. The molecule has 8 heteroatoms. The maximum atomic E-state index is 13.3. The van der Waals surface area contributed by atoms with Gasteiger partial charge < -0.3 is 4.74 Å². The predicted octanol–water partition coefficient (Wildman–Crippen LogP) is 5.34. The molecule has 164 valence electrons. The number of nitrogens with zero attached hydrogens (tertiary/aromatic N) is 2. The van der Waals surface area contributed by atoms with Gasteiger partial charge in [0.05, 0.1) is 4.92 Å². The summed E-state index contributed by atoms with van der Waals surface area (Å²) in [7, 11) is 0. The Kier molecular flexibility index (Phi) is 6.10. The van der Waals surface area contributed by atoms with Crippen molar-refractivity contribution in [3.63, 3.8) is 0 Å². The third kappa shape index (κ3) is 4.03. The summed E-state index contributed by atoms with van der Waals surface area (Å²) in [5, 5.41) is 11.9. The van der Waals surface area contributed by atoms with Gasteiger partial charge in [-0.2, -0.15) is 0 Å². The summed E-state index contributed by atoms with van der Waals surface area (Å²) < 4.78 is 5.52. The van der Waals surface area contributed by atoms with Crippen molar-refractivity contribution in [3.05, 3.63) is 87.1 Å². The number of nitro groups is 1. The Labute approximate surface area is 190 Å². The highest BCUT2D eigenvalue weighted by Gasteiger charge is 2.41. The molecular weight excluding hydrogens is 432 g/mol. The lowest BCUT2D eigenvalue weighted by atomic mass is 9.77. The van der Waals surface area contributed by atoms with Crippen molar-refractivity contribution in [2.24, 2.45) is 0 Å². The van der Waals surface area contributed by atoms with Crippen LogP contribution in [0.15, 0.2) is 66.4 Å². The van der Waals surface area contributed by atoms with E-state index >= 15 is 0 Å². The molecular formula is C24H21ClN2O5. The highest BCUT2D eigenvalue weighted by Crippen LogP contribution is 2.45. The van der Waals surface area contributed by atoms with E-state index in [2.05, 4.69) is 6.58 Å². The van der Waals surface area contributed by atoms with E-state index in [1.807, 2.05) is 12.1 Å². The summed E-state index contributed by atoms with van der Waals surface area (Å²) in [5.41, 5.74) is 1.80. The second-order valence-electron chi connectivity index (χ2n) is 7.68. The molecule has 0 aromatic heterocycles. The molecule has 1 aliphatic carbocycles. The van der Waals surface area contributed by atoms with E-state index in [-0.39, 0.29) is 34.5 Å². The second-order valence-corrected chi connectivity index (χ2v) is 8.12. The minimum absolute atomic E-state index is 0.0302. The van der Waals surface area contributed by atoms with Gasteiger partial charge >= 0.3 is 0 Å². The van der Waals surface area contributed by atoms with E-state index in [0.29, 0.717) is 42.9 Å². The Balaban J connectivity index is 1.80. The molecule has 0 saturated heterocycles. The number of halogens is 1. The fourth-order valence-electron chi connectivity index (χ4n) is 4.34. The Morgan fingerprint density at radius 3 is 2.62 bits per heavy atom. The first-order valence-corrected chi connectivity index (χ1v) is 10.6. The van der Waals surface area contributed by atoms with Crippen LogP contribution >= 0.6 is 11.6 Å². The van der Waals surface area contributed by atoms with Crippen LogP contribution in [0, 0.1) is 10.1 Å². The summed E-state index contributed by atoms with van der Waals surface area (Å²) >= 11 is 5.95. The zero-order chi connectivity index (χ0) is 22.8. The van der Waals surface area contributed by atoms with E-state index < -0.39 is 10.8 Å². The first-order chi connectivity index (χ1) is 15.4. The molecule has 0 radical (unpaired) electrons. The molecule has 2 aromatic rings. The summed E-state index contributed by atoms with van der Waals surface area (Å²) in [6, 6.07) is 11.5. The lowest BCUT2D eigenvalue weighted by molar-refractivity contribution is -0.384. The van der Waals surface area contributed by atoms with Crippen molar-refractivity contribution in [3.8, 4) is 5.75 Å². The molecule has 0 bridgehead atoms. The monoisotopic (exact) mass is 452 g/mol. The van der Waals surface area contributed by atoms with Crippen LogP contribution in [0.4, 0.5) is 11.4 Å². The van der Waals surface area contributed by atoms with Gasteiger partial charge in [0.2, 0.25) is 5.91 Å². The largest absolute Gasteiger partial charge is 0.490 e.